The van der Waals surface area contributed by atoms with Gasteiger partial charge in [0.05, 0.1) is 0 Å². The molecule has 0 saturated heterocycles. The molecule has 0 saturated carbocycles. The van der Waals surface area contributed by atoms with Gasteiger partial charge in [0.15, 0.2) is 0 Å². The molecule has 3 aromatic rings. The van der Waals surface area contributed by atoms with Crippen molar-refractivity contribution in [2.75, 3.05) is 0 Å². The number of aromatic nitrogens is 2. The van der Waals surface area contributed by atoms with Crippen LogP contribution in [0.4, 0.5) is 13.2 Å². The minimum absolute atomic E-state index is 0. The van der Waals surface area contributed by atoms with E-state index in [4.69, 9.17) is 9.97 Å². The third kappa shape index (κ3) is 4.98. The van der Waals surface area contributed by atoms with E-state index in [9.17, 15) is 13.2 Å². The van der Waals surface area contributed by atoms with Crippen molar-refractivity contribution in [2.45, 2.75) is 25.4 Å². The van der Waals surface area contributed by atoms with E-state index in [1.807, 2.05) is 68.4 Å². The molecule has 0 spiro atoms. The molecule has 36 heavy (non-hydrogen) atoms. The molecular weight excluding hydrogens is 640 g/mol. The molecule has 0 radical (unpaired) electrons. The second-order valence-electron chi connectivity index (χ2n) is 8.87. The van der Waals surface area contributed by atoms with Crippen LogP contribution in [0.2, 0.25) is 0 Å². The van der Waals surface area contributed by atoms with Gasteiger partial charge in [-0.1, -0.05) is 42.5 Å². The third-order valence-corrected chi connectivity index (χ3v) is 6.15. The van der Waals surface area contributed by atoms with Crippen molar-refractivity contribution in [1.29, 1.82) is 0 Å². The van der Waals surface area contributed by atoms with Crippen LogP contribution in [0.3, 0.4) is 0 Å². The summed E-state index contributed by atoms with van der Waals surface area (Å²) in [5, 5.41) is 0. The molecule has 2 nitrogen and oxygen atoms in total. The summed E-state index contributed by atoms with van der Waals surface area (Å²) < 4.78 is 39.6. The van der Waals surface area contributed by atoms with Crippen LogP contribution >= 0.6 is 0 Å². The van der Waals surface area contributed by atoms with Crippen LogP contribution in [-0.4, -0.2) is 9.97 Å². The van der Waals surface area contributed by atoms with Gasteiger partial charge >= 0.3 is 27.2 Å². The molecule has 0 N–H and O–H groups in total. The van der Waals surface area contributed by atoms with Crippen molar-refractivity contribution < 1.29 is 34.2 Å². The molecule has 0 fully saturated rings. The van der Waals surface area contributed by atoms with Gasteiger partial charge in [-0.3, -0.25) is 0 Å². The van der Waals surface area contributed by atoms with Crippen molar-refractivity contribution in [1.82, 2.24) is 9.97 Å². The standard InChI is InChI=1S/C30H21F3N2.Pt/c1-29(2,27-15-7-13-25(34-27)21-10-6-11-22(19-21)30(31,32)33)28-16-8-14-26(35-28)24-18-17-20-9-4-3-5-12-23(20)24;/h3-9,11-17,19H,1-2H3;/q-2;+2. The van der Waals surface area contributed by atoms with Crippen LogP contribution in [0.5, 0.6) is 0 Å². The molecule has 0 amide bonds. The Kier molecular flexibility index (Phi) is 7.15. The van der Waals surface area contributed by atoms with Gasteiger partial charge in [0.25, 0.3) is 0 Å². The van der Waals surface area contributed by atoms with Gasteiger partial charge in [0.1, 0.15) is 0 Å². The van der Waals surface area contributed by atoms with E-state index in [1.165, 1.54) is 6.07 Å². The Bertz CT molecular complexity index is 1480. The van der Waals surface area contributed by atoms with Crippen LogP contribution < -0.4 is 0 Å². The average Bonchev–Trinajstić information content (AvgIpc) is 3.12. The minimum Gasteiger partial charge on any atom is -0.300 e. The summed E-state index contributed by atoms with van der Waals surface area (Å²) in [5.74, 6) is 0. The summed E-state index contributed by atoms with van der Waals surface area (Å²) in [5.41, 5.74) is 4.79. The predicted octanol–water partition coefficient (Wildman–Crippen LogP) is 7.86. The molecule has 1 aromatic carbocycles. The van der Waals surface area contributed by atoms with Crippen molar-refractivity contribution in [3.63, 3.8) is 0 Å². The minimum atomic E-state index is -4.43. The zero-order valence-electron chi connectivity index (χ0n) is 19.5. The summed E-state index contributed by atoms with van der Waals surface area (Å²) in [4.78, 5) is 9.67. The van der Waals surface area contributed by atoms with E-state index >= 15 is 0 Å². The van der Waals surface area contributed by atoms with Gasteiger partial charge in [-0.15, -0.1) is 70.8 Å². The number of nitrogens with zero attached hydrogens (tertiary/aromatic N) is 2. The van der Waals surface area contributed by atoms with Gasteiger partial charge in [0, 0.05) is 16.8 Å². The van der Waals surface area contributed by atoms with Crippen LogP contribution in [0.25, 0.3) is 33.6 Å². The first-order valence-corrected chi connectivity index (χ1v) is 11.2. The molecule has 2 heterocycles. The first kappa shape index (κ1) is 25.8. The molecule has 2 aliphatic rings. The second kappa shape index (κ2) is 9.98. The SMILES string of the molecule is CC(C)(c1cccc(-c2[c-]ccc(C(F)(F)F)c2)n1)c1cccc(-c2[c-]cc3cccccc2-3)n1.[Pt+2]. The number of halogens is 3. The Balaban J connectivity index is 0.00000304. The summed E-state index contributed by atoms with van der Waals surface area (Å²) in [6, 6.07) is 32.8. The number of hydrogen-bond acceptors (Lipinski definition) is 2. The van der Waals surface area contributed by atoms with Crippen LogP contribution in [0, 0.1) is 12.1 Å². The zero-order valence-corrected chi connectivity index (χ0v) is 21.8. The summed E-state index contributed by atoms with van der Waals surface area (Å²) in [7, 11) is 0. The van der Waals surface area contributed by atoms with E-state index in [-0.39, 0.29) is 21.1 Å². The number of alkyl halides is 3. The Hall–Kier alpha value is -3.30. The first-order chi connectivity index (χ1) is 16.7. The van der Waals surface area contributed by atoms with Crippen LogP contribution in [0.1, 0.15) is 30.8 Å². The number of pyridine rings is 2. The normalized spacial score (nSPS) is 11.8. The molecule has 0 aliphatic heterocycles. The number of hydrogen-bond donors (Lipinski definition) is 0. The quantitative estimate of drug-likeness (QED) is 0.184. The van der Waals surface area contributed by atoms with E-state index in [1.54, 1.807) is 12.1 Å². The third-order valence-electron chi connectivity index (χ3n) is 6.15. The molecule has 2 aliphatic carbocycles. The average molecular weight is 662 g/mol. The predicted molar refractivity (Wildman–Crippen MR) is 131 cm³/mol. The molecule has 6 heteroatoms. The molecule has 0 unspecified atom stereocenters. The molecule has 0 atom stereocenters. The molecule has 0 bridgehead atoms. The Morgan fingerprint density at radius 3 is 2.11 bits per heavy atom. The molecule has 2 aromatic heterocycles. The van der Waals surface area contributed by atoms with Gasteiger partial charge in [-0.2, -0.15) is 13.2 Å². The largest absolute Gasteiger partial charge is 2.00 e. The van der Waals surface area contributed by atoms with E-state index in [0.717, 1.165) is 40.2 Å². The maximum Gasteiger partial charge on any atom is 2.00 e. The van der Waals surface area contributed by atoms with E-state index < -0.39 is 17.2 Å². The number of fused-ring (bicyclic) bond motifs is 1. The van der Waals surface area contributed by atoms with Gasteiger partial charge < -0.3 is 9.97 Å². The Morgan fingerprint density at radius 2 is 1.39 bits per heavy atom. The Labute approximate surface area is 222 Å². The van der Waals surface area contributed by atoms with Crippen molar-refractivity contribution in [3.8, 4) is 33.6 Å². The van der Waals surface area contributed by atoms with Gasteiger partial charge in [-0.25, -0.2) is 0 Å². The molecule has 5 rings (SSSR count). The number of benzene rings is 1. The smallest absolute Gasteiger partial charge is 0.300 e. The summed E-state index contributed by atoms with van der Waals surface area (Å²) in [6.45, 7) is 4.02. The maximum absolute atomic E-state index is 13.2. The first-order valence-electron chi connectivity index (χ1n) is 11.2. The van der Waals surface area contributed by atoms with Crippen molar-refractivity contribution >= 4 is 0 Å². The van der Waals surface area contributed by atoms with Gasteiger partial charge in [0.2, 0.25) is 0 Å². The molecular formula is C30H21F3N2Pt. The summed E-state index contributed by atoms with van der Waals surface area (Å²) in [6.07, 6.45) is -4.43. The van der Waals surface area contributed by atoms with Crippen LogP contribution in [-0.2, 0) is 32.7 Å². The topological polar surface area (TPSA) is 25.8 Å². The summed E-state index contributed by atoms with van der Waals surface area (Å²) >= 11 is 0. The van der Waals surface area contributed by atoms with Crippen molar-refractivity contribution in [2.24, 2.45) is 0 Å². The van der Waals surface area contributed by atoms with Crippen LogP contribution in [0.15, 0.2) is 91.0 Å². The number of rotatable bonds is 4. The fourth-order valence-corrected chi connectivity index (χ4v) is 4.13. The fraction of sp³-hybridized carbons (Fsp3) is 0.133. The monoisotopic (exact) mass is 661 g/mol. The van der Waals surface area contributed by atoms with Gasteiger partial charge in [-0.05, 0) is 42.9 Å². The Morgan fingerprint density at radius 1 is 0.722 bits per heavy atom. The second-order valence-corrected chi connectivity index (χ2v) is 8.87. The van der Waals surface area contributed by atoms with E-state index in [2.05, 4.69) is 18.2 Å². The maximum atomic E-state index is 13.2. The molecule has 182 valence electrons. The fourth-order valence-electron chi connectivity index (χ4n) is 4.13. The zero-order chi connectivity index (χ0) is 24.6. The van der Waals surface area contributed by atoms with E-state index in [0.29, 0.717) is 17.0 Å². The van der Waals surface area contributed by atoms with Crippen molar-refractivity contribution in [3.05, 3.63) is 120 Å².